The van der Waals surface area contributed by atoms with Crippen molar-refractivity contribution in [2.45, 2.75) is 38.6 Å². The van der Waals surface area contributed by atoms with Gasteiger partial charge in [0.15, 0.2) is 0 Å². The van der Waals surface area contributed by atoms with E-state index in [9.17, 15) is 14.7 Å². The van der Waals surface area contributed by atoms with Crippen LogP contribution in [-0.2, 0) is 20.7 Å². The maximum absolute atomic E-state index is 12.1. The number of aryl methyl sites for hydroxylation is 2. The van der Waals surface area contributed by atoms with Gasteiger partial charge in [0.25, 0.3) is 0 Å². The van der Waals surface area contributed by atoms with Gasteiger partial charge in [0.05, 0.1) is 6.61 Å². The van der Waals surface area contributed by atoms with Crippen LogP contribution in [0.2, 0.25) is 0 Å². The molecule has 0 bridgehead atoms. The molecule has 1 heterocycles. The molecule has 1 amide bonds. The lowest BCUT2D eigenvalue weighted by atomic mass is 9.93. The largest absolute Gasteiger partial charge is 0.480 e. The van der Waals surface area contributed by atoms with E-state index >= 15 is 0 Å². The maximum Gasteiger partial charge on any atom is 0.326 e. The summed E-state index contributed by atoms with van der Waals surface area (Å²) >= 11 is 0. The zero-order chi connectivity index (χ0) is 15.9. The molecule has 0 radical (unpaired) electrons. The molecule has 1 saturated heterocycles. The van der Waals surface area contributed by atoms with E-state index in [1.807, 2.05) is 31.2 Å². The molecule has 1 aromatic carbocycles. The molecule has 1 fully saturated rings. The number of hydrogen-bond acceptors (Lipinski definition) is 3. The third-order valence-electron chi connectivity index (χ3n) is 4.13. The van der Waals surface area contributed by atoms with Crippen molar-refractivity contribution in [1.29, 1.82) is 0 Å². The Bertz CT molecular complexity index is 523. The van der Waals surface area contributed by atoms with Crippen molar-refractivity contribution in [3.05, 3.63) is 35.4 Å². The van der Waals surface area contributed by atoms with Crippen LogP contribution in [0.4, 0.5) is 0 Å². The molecule has 2 unspecified atom stereocenters. The van der Waals surface area contributed by atoms with Crippen molar-refractivity contribution in [1.82, 2.24) is 5.32 Å². The summed E-state index contributed by atoms with van der Waals surface area (Å²) in [5.41, 5.74) is 2.26. The number of hydrogen-bond donors (Lipinski definition) is 2. The minimum atomic E-state index is -0.986. The van der Waals surface area contributed by atoms with Gasteiger partial charge in [-0.1, -0.05) is 24.3 Å². The number of carbonyl (C=O) groups is 2. The highest BCUT2D eigenvalue weighted by Crippen LogP contribution is 2.18. The van der Waals surface area contributed by atoms with Crippen LogP contribution in [-0.4, -0.2) is 36.2 Å². The first-order chi connectivity index (χ1) is 10.6. The predicted octanol–water partition coefficient (Wildman–Crippen LogP) is 1.92. The van der Waals surface area contributed by atoms with E-state index in [0.717, 1.165) is 24.0 Å². The molecule has 0 aromatic heterocycles. The highest BCUT2D eigenvalue weighted by atomic mass is 16.5. The Hall–Kier alpha value is -1.88. The van der Waals surface area contributed by atoms with Gasteiger partial charge in [-0.15, -0.1) is 0 Å². The summed E-state index contributed by atoms with van der Waals surface area (Å²) in [4.78, 5) is 23.5. The molecule has 120 valence electrons. The molecule has 0 aliphatic carbocycles. The Labute approximate surface area is 130 Å². The Morgan fingerprint density at radius 2 is 2.18 bits per heavy atom. The van der Waals surface area contributed by atoms with Gasteiger partial charge in [-0.25, -0.2) is 4.79 Å². The number of benzene rings is 1. The predicted molar refractivity (Wildman–Crippen MR) is 82.6 cm³/mol. The Morgan fingerprint density at radius 3 is 2.82 bits per heavy atom. The number of carboxylic acid groups (broad SMARTS) is 1. The van der Waals surface area contributed by atoms with E-state index in [0.29, 0.717) is 26.1 Å². The fraction of sp³-hybridized carbons (Fsp3) is 0.529. The fourth-order valence-corrected chi connectivity index (χ4v) is 2.79. The first-order valence-electron chi connectivity index (χ1n) is 7.72. The molecule has 22 heavy (non-hydrogen) atoms. The van der Waals surface area contributed by atoms with E-state index in [1.54, 1.807) is 0 Å². The number of amides is 1. The SMILES string of the molecule is Cc1ccccc1CCC(=O)NC(C(=O)O)C1CCCOC1. The van der Waals surface area contributed by atoms with Crippen molar-refractivity contribution in [2.75, 3.05) is 13.2 Å². The third-order valence-corrected chi connectivity index (χ3v) is 4.13. The first kappa shape index (κ1) is 16.5. The summed E-state index contributed by atoms with van der Waals surface area (Å²) in [5, 5.41) is 12.0. The molecule has 1 aromatic rings. The molecule has 0 saturated carbocycles. The first-order valence-corrected chi connectivity index (χ1v) is 7.72. The summed E-state index contributed by atoms with van der Waals surface area (Å²) in [6.45, 7) is 3.08. The molecule has 2 rings (SSSR count). The minimum Gasteiger partial charge on any atom is -0.480 e. The van der Waals surface area contributed by atoms with E-state index < -0.39 is 12.0 Å². The van der Waals surface area contributed by atoms with Gasteiger partial charge in [-0.2, -0.15) is 0 Å². The average Bonchev–Trinajstić information content (AvgIpc) is 2.52. The Balaban J connectivity index is 1.88. The van der Waals surface area contributed by atoms with Crippen LogP contribution in [0.5, 0.6) is 0 Å². The molecule has 1 aliphatic rings. The second kappa shape index (κ2) is 7.94. The number of ether oxygens (including phenoxy) is 1. The third kappa shape index (κ3) is 4.56. The van der Waals surface area contributed by atoms with Crippen molar-refractivity contribution < 1.29 is 19.4 Å². The number of aliphatic carboxylic acids is 1. The molecule has 5 heteroatoms. The number of carbonyl (C=O) groups excluding carboxylic acids is 1. The van der Waals surface area contributed by atoms with Crippen molar-refractivity contribution in [3.8, 4) is 0 Å². The smallest absolute Gasteiger partial charge is 0.326 e. The summed E-state index contributed by atoms with van der Waals surface area (Å²) in [6.07, 6.45) is 2.52. The number of rotatable bonds is 6. The quantitative estimate of drug-likeness (QED) is 0.842. The Kier molecular flexibility index (Phi) is 5.95. The standard InChI is InChI=1S/C17H23NO4/c1-12-5-2-3-6-13(12)8-9-15(19)18-16(17(20)21)14-7-4-10-22-11-14/h2-3,5-6,14,16H,4,7-11H2,1H3,(H,18,19)(H,20,21). The minimum absolute atomic E-state index is 0.145. The second-order valence-electron chi connectivity index (χ2n) is 5.79. The lowest BCUT2D eigenvalue weighted by molar-refractivity contribution is -0.145. The molecule has 2 N–H and O–H groups in total. The molecule has 5 nitrogen and oxygen atoms in total. The molecular weight excluding hydrogens is 282 g/mol. The van der Waals surface area contributed by atoms with E-state index in [4.69, 9.17) is 4.74 Å². The summed E-state index contributed by atoms with van der Waals surface area (Å²) < 4.78 is 5.33. The van der Waals surface area contributed by atoms with Gasteiger partial charge in [0.1, 0.15) is 6.04 Å². The lowest BCUT2D eigenvalue weighted by Gasteiger charge is -2.28. The van der Waals surface area contributed by atoms with Crippen LogP contribution in [0, 0.1) is 12.8 Å². The lowest BCUT2D eigenvalue weighted by Crippen LogP contribution is -2.48. The van der Waals surface area contributed by atoms with Crippen LogP contribution in [0.3, 0.4) is 0 Å². The van der Waals surface area contributed by atoms with Crippen LogP contribution in [0.15, 0.2) is 24.3 Å². The Morgan fingerprint density at radius 1 is 1.41 bits per heavy atom. The monoisotopic (exact) mass is 305 g/mol. The van der Waals surface area contributed by atoms with Crippen molar-refractivity contribution in [3.63, 3.8) is 0 Å². The van der Waals surface area contributed by atoms with E-state index in [2.05, 4.69) is 5.32 Å². The maximum atomic E-state index is 12.1. The van der Waals surface area contributed by atoms with E-state index in [1.165, 1.54) is 0 Å². The number of carboxylic acids is 1. The molecular formula is C17H23NO4. The average molecular weight is 305 g/mol. The van der Waals surface area contributed by atoms with Gasteiger partial charge >= 0.3 is 5.97 Å². The van der Waals surface area contributed by atoms with Crippen LogP contribution < -0.4 is 5.32 Å². The van der Waals surface area contributed by atoms with Gasteiger partial charge in [0.2, 0.25) is 5.91 Å². The van der Waals surface area contributed by atoms with Crippen LogP contribution >= 0.6 is 0 Å². The molecule has 0 spiro atoms. The molecule has 2 atom stereocenters. The normalized spacial score (nSPS) is 19.4. The summed E-state index contributed by atoms with van der Waals surface area (Å²) in [7, 11) is 0. The fourth-order valence-electron chi connectivity index (χ4n) is 2.79. The number of nitrogens with one attached hydrogen (secondary N) is 1. The van der Waals surface area contributed by atoms with Gasteiger partial charge in [0, 0.05) is 18.9 Å². The van der Waals surface area contributed by atoms with Crippen molar-refractivity contribution in [2.24, 2.45) is 5.92 Å². The van der Waals surface area contributed by atoms with Gasteiger partial charge in [-0.05, 0) is 37.3 Å². The highest BCUT2D eigenvalue weighted by Gasteiger charge is 2.31. The second-order valence-corrected chi connectivity index (χ2v) is 5.79. The van der Waals surface area contributed by atoms with E-state index in [-0.39, 0.29) is 11.8 Å². The van der Waals surface area contributed by atoms with Gasteiger partial charge < -0.3 is 15.2 Å². The van der Waals surface area contributed by atoms with Crippen molar-refractivity contribution >= 4 is 11.9 Å². The van der Waals surface area contributed by atoms with Crippen LogP contribution in [0.25, 0.3) is 0 Å². The molecule has 1 aliphatic heterocycles. The summed E-state index contributed by atoms with van der Waals surface area (Å²) in [6, 6.07) is 7.05. The highest BCUT2D eigenvalue weighted by molar-refractivity contribution is 5.83. The zero-order valence-corrected chi connectivity index (χ0v) is 12.9. The van der Waals surface area contributed by atoms with Gasteiger partial charge in [-0.3, -0.25) is 4.79 Å². The zero-order valence-electron chi connectivity index (χ0n) is 12.9. The summed E-state index contributed by atoms with van der Waals surface area (Å²) in [5.74, 6) is -1.35. The topological polar surface area (TPSA) is 75.6 Å². The van der Waals surface area contributed by atoms with Crippen LogP contribution in [0.1, 0.15) is 30.4 Å².